The third-order valence-corrected chi connectivity index (χ3v) is 6.91. The van der Waals surface area contributed by atoms with Crippen molar-refractivity contribution in [1.29, 1.82) is 5.41 Å². The zero-order valence-electron chi connectivity index (χ0n) is 19.0. The molecule has 0 spiro atoms. The Bertz CT molecular complexity index is 1120. The third kappa shape index (κ3) is 4.83. The SMILES string of the molecule is C[C@@H]1C[C@H](N2C(=N)C[C@](C)(c3cccc(NC(=O)c4cc(F)cc(F)c4)c3Cl)CC2=O)CCO1. The van der Waals surface area contributed by atoms with Gasteiger partial charge >= 0.3 is 0 Å². The summed E-state index contributed by atoms with van der Waals surface area (Å²) >= 11 is 6.65. The van der Waals surface area contributed by atoms with Crippen molar-refractivity contribution in [3.05, 3.63) is 64.2 Å². The number of anilines is 1. The van der Waals surface area contributed by atoms with Crippen LogP contribution in [0.15, 0.2) is 36.4 Å². The van der Waals surface area contributed by atoms with E-state index in [4.69, 9.17) is 21.7 Å². The average molecular weight is 490 g/mol. The molecule has 3 atom stereocenters. The second-order valence-corrected chi connectivity index (χ2v) is 9.64. The number of benzene rings is 2. The molecular weight excluding hydrogens is 464 g/mol. The van der Waals surface area contributed by atoms with E-state index in [9.17, 15) is 18.4 Å². The molecule has 2 saturated heterocycles. The second kappa shape index (κ2) is 9.43. The van der Waals surface area contributed by atoms with E-state index in [2.05, 4.69) is 5.32 Å². The number of rotatable bonds is 4. The van der Waals surface area contributed by atoms with Gasteiger partial charge in [-0.2, -0.15) is 0 Å². The highest BCUT2D eigenvalue weighted by Crippen LogP contribution is 2.43. The fourth-order valence-electron chi connectivity index (χ4n) is 4.88. The molecule has 2 aliphatic rings. The van der Waals surface area contributed by atoms with Crippen molar-refractivity contribution < 1.29 is 23.1 Å². The summed E-state index contributed by atoms with van der Waals surface area (Å²) in [6.45, 7) is 4.40. The summed E-state index contributed by atoms with van der Waals surface area (Å²) in [7, 11) is 0. The molecule has 2 aliphatic heterocycles. The molecule has 2 N–H and O–H groups in total. The Labute approximate surface area is 201 Å². The molecular formula is C25H26ClF2N3O3. The summed E-state index contributed by atoms with van der Waals surface area (Å²) < 4.78 is 32.6. The van der Waals surface area contributed by atoms with Gasteiger partial charge in [-0.1, -0.05) is 30.7 Å². The zero-order chi connectivity index (χ0) is 24.6. The van der Waals surface area contributed by atoms with Gasteiger partial charge < -0.3 is 10.1 Å². The maximum atomic E-state index is 13.5. The molecule has 0 aliphatic carbocycles. The molecule has 180 valence electrons. The Kier molecular flexibility index (Phi) is 6.73. The molecule has 2 aromatic rings. The maximum absolute atomic E-state index is 13.5. The van der Waals surface area contributed by atoms with E-state index < -0.39 is 23.0 Å². The first kappa shape index (κ1) is 24.3. The lowest BCUT2D eigenvalue weighted by atomic mass is 9.73. The molecule has 6 nitrogen and oxygen atoms in total. The average Bonchev–Trinajstić information content (AvgIpc) is 2.74. The third-order valence-electron chi connectivity index (χ3n) is 6.50. The van der Waals surface area contributed by atoms with Crippen molar-refractivity contribution in [1.82, 2.24) is 4.90 Å². The highest BCUT2D eigenvalue weighted by atomic mass is 35.5. The van der Waals surface area contributed by atoms with Crippen LogP contribution in [0.1, 0.15) is 55.5 Å². The topological polar surface area (TPSA) is 82.5 Å². The van der Waals surface area contributed by atoms with Crippen molar-refractivity contribution in [2.45, 2.75) is 57.1 Å². The smallest absolute Gasteiger partial charge is 0.255 e. The lowest BCUT2D eigenvalue weighted by Gasteiger charge is -2.44. The minimum atomic E-state index is -0.861. The summed E-state index contributed by atoms with van der Waals surface area (Å²) in [5.41, 5.74) is -0.0455. The minimum Gasteiger partial charge on any atom is -0.378 e. The van der Waals surface area contributed by atoms with Crippen molar-refractivity contribution in [2.75, 3.05) is 11.9 Å². The zero-order valence-corrected chi connectivity index (χ0v) is 19.7. The maximum Gasteiger partial charge on any atom is 0.255 e. The largest absolute Gasteiger partial charge is 0.378 e. The number of nitrogens with one attached hydrogen (secondary N) is 2. The predicted molar refractivity (Wildman–Crippen MR) is 125 cm³/mol. The lowest BCUT2D eigenvalue weighted by Crippen LogP contribution is -2.54. The number of piperidine rings is 1. The van der Waals surface area contributed by atoms with Crippen LogP contribution in [-0.4, -0.2) is 41.3 Å². The molecule has 2 heterocycles. The molecule has 9 heteroatoms. The molecule has 2 amide bonds. The van der Waals surface area contributed by atoms with E-state index >= 15 is 0 Å². The molecule has 2 fully saturated rings. The van der Waals surface area contributed by atoms with Crippen LogP contribution in [-0.2, 0) is 14.9 Å². The van der Waals surface area contributed by atoms with Crippen LogP contribution in [0.25, 0.3) is 0 Å². The van der Waals surface area contributed by atoms with Crippen molar-refractivity contribution in [2.24, 2.45) is 0 Å². The summed E-state index contributed by atoms with van der Waals surface area (Å²) in [5.74, 6) is -2.34. The Balaban J connectivity index is 1.56. The fourth-order valence-corrected chi connectivity index (χ4v) is 5.29. The van der Waals surface area contributed by atoms with E-state index in [1.54, 1.807) is 23.1 Å². The molecule has 0 unspecified atom stereocenters. The second-order valence-electron chi connectivity index (χ2n) is 9.26. The van der Waals surface area contributed by atoms with Crippen LogP contribution < -0.4 is 5.32 Å². The first-order valence-electron chi connectivity index (χ1n) is 11.1. The van der Waals surface area contributed by atoms with E-state index in [-0.39, 0.29) is 46.6 Å². The predicted octanol–water partition coefficient (Wildman–Crippen LogP) is 5.30. The molecule has 0 bridgehead atoms. The van der Waals surface area contributed by atoms with Gasteiger partial charge in [-0.05, 0) is 43.5 Å². The van der Waals surface area contributed by atoms with Crippen molar-refractivity contribution in [3.8, 4) is 0 Å². The molecule has 0 aromatic heterocycles. The Hall–Kier alpha value is -2.84. The van der Waals surface area contributed by atoms with Gasteiger partial charge in [-0.15, -0.1) is 0 Å². The van der Waals surface area contributed by atoms with Crippen LogP contribution in [0.5, 0.6) is 0 Å². The number of likely N-dealkylation sites (tertiary alicyclic amines) is 1. The van der Waals surface area contributed by atoms with Crippen LogP contribution in [0.4, 0.5) is 14.5 Å². The summed E-state index contributed by atoms with van der Waals surface area (Å²) in [6, 6.07) is 7.54. The molecule has 2 aromatic carbocycles. The Morgan fingerprint density at radius 3 is 2.59 bits per heavy atom. The number of carbonyl (C=O) groups excluding carboxylic acids is 2. The van der Waals surface area contributed by atoms with E-state index in [0.29, 0.717) is 37.5 Å². The van der Waals surface area contributed by atoms with Gasteiger partial charge in [-0.3, -0.25) is 19.9 Å². The van der Waals surface area contributed by atoms with Gasteiger partial charge in [0, 0.05) is 42.5 Å². The number of nitrogens with zero attached hydrogens (tertiary/aromatic N) is 1. The van der Waals surface area contributed by atoms with Gasteiger partial charge in [0.15, 0.2) is 0 Å². The molecule has 0 radical (unpaired) electrons. The van der Waals surface area contributed by atoms with Crippen LogP contribution in [0.3, 0.4) is 0 Å². The molecule has 4 rings (SSSR count). The Morgan fingerprint density at radius 2 is 1.94 bits per heavy atom. The number of halogens is 3. The van der Waals surface area contributed by atoms with E-state index in [0.717, 1.165) is 12.1 Å². The lowest BCUT2D eigenvalue weighted by molar-refractivity contribution is -0.134. The normalized spacial score (nSPS) is 25.4. The minimum absolute atomic E-state index is 0.0361. The van der Waals surface area contributed by atoms with E-state index in [1.165, 1.54) is 0 Å². The van der Waals surface area contributed by atoms with Crippen LogP contribution in [0, 0.1) is 17.0 Å². The standard InChI is InChI=1S/C25H26ClF2N3O3/c1-14-8-18(6-7-34-14)31-21(29)12-25(2,13-22(31)32)19-4-3-5-20(23(19)26)30-24(33)15-9-16(27)11-17(28)10-15/h3-5,9-11,14,18,29H,6-8,12-13H2,1-2H3,(H,30,33)/t14-,18-,25+/m1/s1. The van der Waals surface area contributed by atoms with Crippen molar-refractivity contribution >= 4 is 34.9 Å². The number of carbonyl (C=O) groups is 2. The van der Waals surface area contributed by atoms with E-state index in [1.807, 2.05) is 13.8 Å². The van der Waals surface area contributed by atoms with Crippen LogP contribution >= 0.6 is 11.6 Å². The van der Waals surface area contributed by atoms with Gasteiger partial charge in [0.25, 0.3) is 5.91 Å². The molecule has 0 saturated carbocycles. The number of hydrogen-bond acceptors (Lipinski definition) is 4. The van der Waals surface area contributed by atoms with Gasteiger partial charge in [0.2, 0.25) is 5.91 Å². The van der Waals surface area contributed by atoms with Gasteiger partial charge in [0.1, 0.15) is 17.5 Å². The van der Waals surface area contributed by atoms with Gasteiger partial charge in [-0.25, -0.2) is 8.78 Å². The highest BCUT2D eigenvalue weighted by molar-refractivity contribution is 6.35. The molecule has 34 heavy (non-hydrogen) atoms. The summed E-state index contributed by atoms with van der Waals surface area (Å²) in [6.07, 6.45) is 1.88. The highest BCUT2D eigenvalue weighted by Gasteiger charge is 2.44. The summed E-state index contributed by atoms with van der Waals surface area (Å²) in [4.78, 5) is 27.4. The monoisotopic (exact) mass is 489 g/mol. The Morgan fingerprint density at radius 1 is 1.24 bits per heavy atom. The number of amidine groups is 1. The number of amides is 2. The fraction of sp³-hybridized carbons (Fsp3) is 0.400. The first-order chi connectivity index (χ1) is 16.1. The number of ether oxygens (including phenoxy) is 1. The van der Waals surface area contributed by atoms with Gasteiger partial charge in [0.05, 0.1) is 16.8 Å². The first-order valence-corrected chi connectivity index (χ1v) is 11.5. The quantitative estimate of drug-likeness (QED) is 0.611. The summed E-state index contributed by atoms with van der Waals surface area (Å²) in [5, 5.41) is 11.5. The van der Waals surface area contributed by atoms with Crippen molar-refractivity contribution in [3.63, 3.8) is 0 Å². The van der Waals surface area contributed by atoms with Crippen LogP contribution in [0.2, 0.25) is 5.02 Å². The number of hydrogen-bond donors (Lipinski definition) is 2.